The number of nitrogens with zero attached hydrogens (tertiary/aromatic N) is 1. The van der Waals surface area contributed by atoms with E-state index in [9.17, 15) is 4.79 Å². The van der Waals surface area contributed by atoms with Gasteiger partial charge in [0.2, 0.25) is 5.91 Å². The molecule has 0 bridgehead atoms. The maximum absolute atomic E-state index is 12.2. The second-order valence-electron chi connectivity index (χ2n) is 6.11. The first-order chi connectivity index (χ1) is 10.7. The van der Waals surface area contributed by atoms with Gasteiger partial charge in [-0.15, -0.1) is 0 Å². The number of carbonyl (C=O) groups excluding carboxylic acids is 1. The van der Waals surface area contributed by atoms with Crippen molar-refractivity contribution in [3.8, 4) is 0 Å². The summed E-state index contributed by atoms with van der Waals surface area (Å²) < 4.78 is 0. The van der Waals surface area contributed by atoms with E-state index in [1.807, 2.05) is 12.1 Å². The number of amides is 1. The van der Waals surface area contributed by atoms with Crippen molar-refractivity contribution in [3.05, 3.63) is 29.8 Å². The molecular weight excluding hydrogens is 274 g/mol. The van der Waals surface area contributed by atoms with Crippen molar-refractivity contribution in [2.75, 3.05) is 31.5 Å². The average molecular weight is 303 g/mol. The van der Waals surface area contributed by atoms with E-state index in [4.69, 9.17) is 0 Å². The molecule has 2 N–H and O–H groups in total. The van der Waals surface area contributed by atoms with E-state index in [0.717, 1.165) is 51.3 Å². The molecule has 4 heteroatoms. The molecule has 1 heterocycles. The Bertz CT molecular complexity index is 465. The van der Waals surface area contributed by atoms with Crippen molar-refractivity contribution >= 4 is 11.6 Å². The van der Waals surface area contributed by atoms with Crippen LogP contribution >= 0.6 is 0 Å². The van der Waals surface area contributed by atoms with E-state index < -0.39 is 0 Å². The highest BCUT2D eigenvalue weighted by atomic mass is 16.1. The summed E-state index contributed by atoms with van der Waals surface area (Å²) in [7, 11) is 0. The van der Waals surface area contributed by atoms with Gasteiger partial charge in [0.25, 0.3) is 0 Å². The number of piperidine rings is 1. The largest absolute Gasteiger partial charge is 0.326 e. The lowest BCUT2D eigenvalue weighted by Gasteiger charge is -2.22. The van der Waals surface area contributed by atoms with Crippen LogP contribution in [0.1, 0.15) is 38.7 Å². The molecule has 0 aliphatic carbocycles. The molecule has 1 aliphatic rings. The van der Waals surface area contributed by atoms with Gasteiger partial charge in [0.05, 0.1) is 0 Å². The van der Waals surface area contributed by atoms with Crippen LogP contribution in [-0.2, 0) is 11.3 Å². The molecule has 0 spiro atoms. The molecule has 0 saturated carbocycles. The summed E-state index contributed by atoms with van der Waals surface area (Å²) in [5.74, 6) is 0.673. The van der Waals surface area contributed by atoms with Gasteiger partial charge in [0.1, 0.15) is 0 Å². The van der Waals surface area contributed by atoms with Crippen LogP contribution < -0.4 is 10.6 Å². The lowest BCUT2D eigenvalue weighted by atomic mass is 9.94. The lowest BCUT2D eigenvalue weighted by molar-refractivity contribution is -0.117. The third-order valence-electron chi connectivity index (χ3n) is 4.44. The van der Waals surface area contributed by atoms with Gasteiger partial charge in [-0.1, -0.05) is 26.0 Å². The highest BCUT2D eigenvalue weighted by molar-refractivity contribution is 5.90. The minimum Gasteiger partial charge on any atom is -0.326 e. The lowest BCUT2D eigenvalue weighted by Crippen LogP contribution is -2.30. The Morgan fingerprint density at radius 3 is 2.68 bits per heavy atom. The van der Waals surface area contributed by atoms with Crippen LogP contribution in [0.5, 0.6) is 0 Å². The fourth-order valence-electron chi connectivity index (χ4n) is 3.01. The molecule has 1 amide bonds. The Kier molecular flexibility index (Phi) is 6.87. The number of rotatable bonds is 7. The van der Waals surface area contributed by atoms with Gasteiger partial charge in [0.15, 0.2) is 0 Å². The van der Waals surface area contributed by atoms with Crippen LogP contribution in [0.2, 0.25) is 0 Å². The standard InChI is InChI=1S/C18H29N3O/c1-3-21(4-2)14-16-6-5-7-17(12-16)20-18(22)13-15-8-10-19-11-9-15/h5-7,12,15,19H,3-4,8-11,13-14H2,1-2H3,(H,20,22). The van der Waals surface area contributed by atoms with E-state index in [0.29, 0.717) is 12.3 Å². The first-order valence-electron chi connectivity index (χ1n) is 8.53. The number of benzene rings is 1. The topological polar surface area (TPSA) is 44.4 Å². The van der Waals surface area contributed by atoms with Gasteiger partial charge >= 0.3 is 0 Å². The van der Waals surface area contributed by atoms with Gasteiger partial charge in [-0.05, 0) is 62.6 Å². The van der Waals surface area contributed by atoms with Crippen LogP contribution in [0.25, 0.3) is 0 Å². The van der Waals surface area contributed by atoms with E-state index in [1.54, 1.807) is 0 Å². The van der Waals surface area contributed by atoms with Gasteiger partial charge in [0, 0.05) is 18.7 Å². The van der Waals surface area contributed by atoms with E-state index in [2.05, 4.69) is 41.5 Å². The second-order valence-corrected chi connectivity index (χ2v) is 6.11. The fraction of sp³-hybridized carbons (Fsp3) is 0.611. The molecular formula is C18H29N3O. The van der Waals surface area contributed by atoms with Crippen LogP contribution in [0.15, 0.2) is 24.3 Å². The van der Waals surface area contributed by atoms with Gasteiger partial charge in [-0.25, -0.2) is 0 Å². The molecule has 1 fully saturated rings. The summed E-state index contributed by atoms with van der Waals surface area (Å²) in [6.45, 7) is 9.45. The van der Waals surface area contributed by atoms with Crippen molar-refractivity contribution in [3.63, 3.8) is 0 Å². The summed E-state index contributed by atoms with van der Waals surface area (Å²) in [4.78, 5) is 14.6. The Balaban J connectivity index is 1.87. The zero-order chi connectivity index (χ0) is 15.8. The first-order valence-corrected chi connectivity index (χ1v) is 8.53. The maximum Gasteiger partial charge on any atom is 0.224 e. The van der Waals surface area contributed by atoms with Crippen LogP contribution in [-0.4, -0.2) is 37.0 Å². The predicted octanol–water partition coefficient (Wildman–Crippen LogP) is 2.86. The normalized spacial score (nSPS) is 16.0. The molecule has 0 radical (unpaired) electrons. The van der Waals surface area contributed by atoms with Gasteiger partial charge in [-0.3, -0.25) is 9.69 Å². The quantitative estimate of drug-likeness (QED) is 0.814. The SMILES string of the molecule is CCN(CC)Cc1cccc(NC(=O)CC2CCNCC2)c1. The molecule has 0 atom stereocenters. The monoisotopic (exact) mass is 303 g/mol. The number of nitrogens with one attached hydrogen (secondary N) is 2. The highest BCUT2D eigenvalue weighted by Crippen LogP contribution is 2.18. The minimum absolute atomic E-state index is 0.145. The van der Waals surface area contributed by atoms with Crippen LogP contribution in [0, 0.1) is 5.92 Å². The Labute approximate surface area is 134 Å². The molecule has 4 nitrogen and oxygen atoms in total. The van der Waals surface area contributed by atoms with Crippen molar-refractivity contribution < 1.29 is 4.79 Å². The Morgan fingerprint density at radius 2 is 2.00 bits per heavy atom. The molecule has 1 saturated heterocycles. The molecule has 1 aromatic rings. The molecule has 2 rings (SSSR count). The van der Waals surface area contributed by atoms with Crippen LogP contribution in [0.4, 0.5) is 5.69 Å². The third-order valence-corrected chi connectivity index (χ3v) is 4.44. The Morgan fingerprint density at radius 1 is 1.27 bits per heavy atom. The fourth-order valence-corrected chi connectivity index (χ4v) is 3.01. The van der Waals surface area contributed by atoms with E-state index in [1.165, 1.54) is 5.56 Å². The molecule has 122 valence electrons. The second kappa shape index (κ2) is 8.91. The van der Waals surface area contributed by atoms with E-state index >= 15 is 0 Å². The third kappa shape index (κ3) is 5.43. The average Bonchev–Trinajstić information content (AvgIpc) is 2.53. The molecule has 0 aromatic heterocycles. The molecule has 22 heavy (non-hydrogen) atoms. The van der Waals surface area contributed by atoms with Gasteiger partial charge < -0.3 is 10.6 Å². The number of anilines is 1. The minimum atomic E-state index is 0.145. The summed E-state index contributed by atoms with van der Waals surface area (Å²) in [6, 6.07) is 8.23. The molecule has 1 aromatic carbocycles. The molecule has 1 aliphatic heterocycles. The summed E-state index contributed by atoms with van der Waals surface area (Å²) >= 11 is 0. The number of hydrogen-bond acceptors (Lipinski definition) is 3. The van der Waals surface area contributed by atoms with E-state index in [-0.39, 0.29) is 5.91 Å². The zero-order valence-corrected chi connectivity index (χ0v) is 13.9. The maximum atomic E-state index is 12.2. The van der Waals surface area contributed by atoms with Crippen molar-refractivity contribution in [1.82, 2.24) is 10.2 Å². The Hall–Kier alpha value is -1.39. The number of hydrogen-bond donors (Lipinski definition) is 2. The van der Waals surface area contributed by atoms with Crippen LogP contribution in [0.3, 0.4) is 0 Å². The first kappa shape index (κ1) is 17.0. The number of carbonyl (C=O) groups is 1. The van der Waals surface area contributed by atoms with Crippen molar-refractivity contribution in [2.24, 2.45) is 5.92 Å². The zero-order valence-electron chi connectivity index (χ0n) is 13.9. The smallest absolute Gasteiger partial charge is 0.224 e. The summed E-state index contributed by atoms with van der Waals surface area (Å²) in [5.41, 5.74) is 2.17. The van der Waals surface area contributed by atoms with Gasteiger partial charge in [-0.2, -0.15) is 0 Å². The molecule has 0 unspecified atom stereocenters. The van der Waals surface area contributed by atoms with Crippen molar-refractivity contribution in [1.29, 1.82) is 0 Å². The summed E-state index contributed by atoms with van der Waals surface area (Å²) in [6.07, 6.45) is 2.85. The predicted molar refractivity (Wildman–Crippen MR) is 91.9 cm³/mol. The highest BCUT2D eigenvalue weighted by Gasteiger charge is 2.16. The summed E-state index contributed by atoms with van der Waals surface area (Å²) in [5, 5.41) is 6.40. The van der Waals surface area contributed by atoms with Crippen molar-refractivity contribution in [2.45, 2.75) is 39.7 Å².